The Morgan fingerprint density at radius 1 is 1.00 bits per heavy atom. The van der Waals surface area contributed by atoms with E-state index in [1.807, 2.05) is 0 Å². The summed E-state index contributed by atoms with van der Waals surface area (Å²) in [5.74, 6) is 0. The van der Waals surface area contributed by atoms with Gasteiger partial charge in [-0.1, -0.05) is 0 Å². The topological polar surface area (TPSA) is 23.1 Å². The number of likely N-dealkylation sites (tertiary alicyclic amines) is 1. The Balaban J connectivity index is 2.36. The highest BCUT2D eigenvalue weighted by atomic mass is 16.5. The van der Waals surface area contributed by atoms with E-state index >= 15 is 0 Å². The highest BCUT2D eigenvalue weighted by molar-refractivity contribution is 4.50. The van der Waals surface area contributed by atoms with Gasteiger partial charge in [0.1, 0.15) is 0 Å². The molecule has 0 N–H and O–H groups in total. The first-order valence-electron chi connectivity index (χ1n) is 3.76. The van der Waals surface area contributed by atoms with Crippen molar-refractivity contribution in [2.75, 3.05) is 20.1 Å². The van der Waals surface area contributed by atoms with Gasteiger partial charge in [0.2, 0.25) is 0 Å². The molecule has 0 aliphatic carbocycles. The maximum Gasteiger partial charge on any atom is 0.0781 e. The minimum atomic E-state index is 0. The molecule has 0 aromatic carbocycles. The molecular weight excluding hydrogens is 114 g/mol. The van der Waals surface area contributed by atoms with Crippen LogP contribution in [0.2, 0.25) is 0 Å². The summed E-state index contributed by atoms with van der Waals surface area (Å²) < 4.78 is 0. The van der Waals surface area contributed by atoms with Crippen molar-refractivity contribution in [1.82, 2.24) is 0 Å². The lowest BCUT2D eigenvalue weighted by Crippen LogP contribution is -2.37. The van der Waals surface area contributed by atoms with Crippen LogP contribution in [-0.4, -0.2) is 24.8 Å². The van der Waals surface area contributed by atoms with E-state index < -0.39 is 0 Å². The fourth-order valence-corrected chi connectivity index (χ4v) is 1.36. The van der Waals surface area contributed by atoms with Gasteiger partial charge in [0.15, 0.2) is 0 Å². The summed E-state index contributed by atoms with van der Waals surface area (Å²) in [5, 5.41) is 11.3. The van der Waals surface area contributed by atoms with Crippen LogP contribution >= 0.6 is 0 Å². The average molecular weight is 129 g/mol. The molecule has 1 aliphatic rings. The zero-order valence-corrected chi connectivity index (χ0v) is 6.10. The van der Waals surface area contributed by atoms with Crippen molar-refractivity contribution in [2.45, 2.75) is 25.7 Å². The minimum absolute atomic E-state index is 0. The lowest BCUT2D eigenvalue weighted by atomic mass is 10.2. The number of hydroxylamine groups is 3. The molecular formula is C7H15NO. The summed E-state index contributed by atoms with van der Waals surface area (Å²) in [6.07, 6.45) is 4.77. The maximum absolute atomic E-state index is 11.3. The summed E-state index contributed by atoms with van der Waals surface area (Å²) in [6, 6.07) is 0. The molecule has 0 amide bonds. The van der Waals surface area contributed by atoms with E-state index in [2.05, 4.69) is 0 Å². The predicted octanol–water partition coefficient (Wildman–Crippen LogP) is 1.50. The van der Waals surface area contributed by atoms with Gasteiger partial charge >= 0.3 is 0 Å². The van der Waals surface area contributed by atoms with Crippen molar-refractivity contribution >= 4 is 0 Å². The second-order valence-electron chi connectivity index (χ2n) is 3.16. The molecule has 0 spiro atoms. The Labute approximate surface area is 56.6 Å². The molecule has 2 heteroatoms. The Hall–Kier alpha value is -0.0800. The molecule has 54 valence electrons. The number of hydrogen-bond acceptors (Lipinski definition) is 1. The first-order valence-corrected chi connectivity index (χ1v) is 3.76. The van der Waals surface area contributed by atoms with Crippen LogP contribution in [0.1, 0.15) is 25.7 Å². The van der Waals surface area contributed by atoms with Crippen LogP contribution in [0.15, 0.2) is 0 Å². The zero-order chi connectivity index (χ0) is 6.74. The maximum atomic E-state index is 11.3. The van der Waals surface area contributed by atoms with Gasteiger partial charge in [0.05, 0.1) is 20.1 Å². The Morgan fingerprint density at radius 3 is 1.89 bits per heavy atom. The van der Waals surface area contributed by atoms with Gasteiger partial charge in [-0.2, -0.15) is 0 Å². The lowest BCUT2D eigenvalue weighted by Gasteiger charge is -2.37. The van der Waals surface area contributed by atoms with Crippen LogP contribution in [0.4, 0.5) is 0 Å². The highest BCUT2D eigenvalue weighted by Crippen LogP contribution is 2.13. The van der Waals surface area contributed by atoms with Gasteiger partial charge in [-0.25, -0.2) is 0 Å². The van der Waals surface area contributed by atoms with Crippen molar-refractivity contribution in [3.8, 4) is 0 Å². The summed E-state index contributed by atoms with van der Waals surface area (Å²) in [7, 11) is 1.78. The summed E-state index contributed by atoms with van der Waals surface area (Å²) in [5.41, 5.74) is 0. The van der Waals surface area contributed by atoms with Crippen LogP contribution < -0.4 is 0 Å². The molecule has 1 fully saturated rings. The molecule has 0 radical (unpaired) electrons. The van der Waals surface area contributed by atoms with Crippen LogP contribution in [0.3, 0.4) is 0 Å². The first-order chi connectivity index (χ1) is 4.21. The second kappa shape index (κ2) is 2.67. The molecule has 1 aliphatic heterocycles. The van der Waals surface area contributed by atoms with Crippen molar-refractivity contribution in [3.63, 3.8) is 0 Å². The molecule has 0 aromatic heterocycles. The molecule has 2 nitrogen and oxygen atoms in total. The fraction of sp³-hybridized carbons (Fsp3) is 1.00. The highest BCUT2D eigenvalue weighted by Gasteiger charge is 2.12. The third kappa shape index (κ3) is 2.33. The Bertz CT molecular complexity index is 80.9. The monoisotopic (exact) mass is 129 g/mol. The van der Waals surface area contributed by atoms with E-state index in [1.54, 1.807) is 7.05 Å². The number of quaternary nitrogens is 1. The molecule has 0 aromatic rings. The van der Waals surface area contributed by atoms with Crippen LogP contribution in [0.5, 0.6) is 0 Å². The van der Waals surface area contributed by atoms with E-state index in [1.165, 1.54) is 12.8 Å². The lowest BCUT2D eigenvalue weighted by molar-refractivity contribution is -0.859. The summed E-state index contributed by atoms with van der Waals surface area (Å²) >= 11 is 0. The fourth-order valence-electron chi connectivity index (χ4n) is 1.36. The van der Waals surface area contributed by atoms with Crippen LogP contribution in [0, 0.1) is 5.21 Å². The van der Waals surface area contributed by atoms with Crippen molar-refractivity contribution in [2.24, 2.45) is 0 Å². The number of rotatable bonds is 0. The standard InChI is InChI=1S/C7H15NO/c1-8(9)6-4-2-3-5-7-8/h2-7H2,1H3. The quantitative estimate of drug-likeness (QED) is 0.359. The third-order valence-electron chi connectivity index (χ3n) is 2.01. The molecule has 9 heavy (non-hydrogen) atoms. The Morgan fingerprint density at radius 2 is 1.44 bits per heavy atom. The zero-order valence-electron chi connectivity index (χ0n) is 6.10. The number of hydrogen-bond donors (Lipinski definition) is 0. The largest absolute Gasteiger partial charge is 0.633 e. The van der Waals surface area contributed by atoms with Crippen molar-refractivity contribution in [3.05, 3.63) is 5.21 Å². The molecule has 1 saturated heterocycles. The van der Waals surface area contributed by atoms with E-state index in [9.17, 15) is 5.21 Å². The van der Waals surface area contributed by atoms with Gasteiger partial charge < -0.3 is 9.85 Å². The molecule has 1 rings (SSSR count). The van der Waals surface area contributed by atoms with E-state index in [-0.39, 0.29) is 4.65 Å². The van der Waals surface area contributed by atoms with Crippen molar-refractivity contribution < 1.29 is 4.65 Å². The van der Waals surface area contributed by atoms with Gasteiger partial charge in [0, 0.05) is 0 Å². The van der Waals surface area contributed by atoms with Gasteiger partial charge in [0.25, 0.3) is 0 Å². The van der Waals surface area contributed by atoms with Gasteiger partial charge in [-0.3, -0.25) is 0 Å². The predicted molar refractivity (Wildman–Crippen MR) is 37.8 cm³/mol. The Kier molecular flexibility index (Phi) is 2.09. The summed E-state index contributed by atoms with van der Waals surface area (Å²) in [4.78, 5) is 0. The van der Waals surface area contributed by atoms with Gasteiger partial charge in [-0.15, -0.1) is 0 Å². The second-order valence-corrected chi connectivity index (χ2v) is 3.16. The smallest absolute Gasteiger partial charge is 0.0781 e. The van der Waals surface area contributed by atoms with E-state index in [4.69, 9.17) is 0 Å². The number of nitrogens with zero attached hydrogens (tertiary/aromatic N) is 1. The average Bonchev–Trinajstić information content (AvgIpc) is 1.92. The third-order valence-corrected chi connectivity index (χ3v) is 2.01. The molecule has 0 unspecified atom stereocenters. The molecule has 1 heterocycles. The van der Waals surface area contributed by atoms with Gasteiger partial charge in [-0.05, 0) is 25.7 Å². The van der Waals surface area contributed by atoms with E-state index in [0.29, 0.717) is 0 Å². The summed E-state index contributed by atoms with van der Waals surface area (Å²) in [6.45, 7) is 1.67. The molecule has 0 atom stereocenters. The molecule has 0 saturated carbocycles. The first kappa shape index (κ1) is 7.03. The SMILES string of the molecule is C[N+]1([O-])CCCCCC1. The normalized spacial score (nSPS) is 27.3. The minimum Gasteiger partial charge on any atom is -0.633 e. The molecule has 0 bridgehead atoms. The van der Waals surface area contributed by atoms with E-state index in [0.717, 1.165) is 25.9 Å². The van der Waals surface area contributed by atoms with Crippen LogP contribution in [0.25, 0.3) is 0 Å². The van der Waals surface area contributed by atoms with Crippen LogP contribution in [-0.2, 0) is 0 Å². The van der Waals surface area contributed by atoms with Crippen molar-refractivity contribution in [1.29, 1.82) is 0 Å².